The molecule has 1 amide bonds. The van der Waals surface area contributed by atoms with Crippen molar-refractivity contribution in [3.8, 4) is 0 Å². The van der Waals surface area contributed by atoms with Crippen molar-refractivity contribution in [1.29, 1.82) is 0 Å². The zero-order valence-corrected chi connectivity index (χ0v) is 13.6. The average Bonchev–Trinajstić information content (AvgIpc) is 2.98. The number of piperidine rings is 1. The van der Waals surface area contributed by atoms with E-state index >= 15 is 0 Å². The van der Waals surface area contributed by atoms with Gasteiger partial charge in [-0.1, -0.05) is 12.1 Å². The van der Waals surface area contributed by atoms with Gasteiger partial charge in [-0.15, -0.1) is 5.10 Å². The lowest BCUT2D eigenvalue weighted by atomic mass is 10.0. The molecule has 1 fully saturated rings. The minimum atomic E-state index is -0.605. The second-order valence-corrected chi connectivity index (χ2v) is 6.21. The molecule has 0 aliphatic carbocycles. The summed E-state index contributed by atoms with van der Waals surface area (Å²) in [6.07, 6.45) is 2.13. The molecule has 1 aromatic heterocycles. The number of benzene rings is 1. The highest BCUT2D eigenvalue weighted by Crippen LogP contribution is 2.20. The molecule has 2 aromatic rings. The van der Waals surface area contributed by atoms with Crippen molar-refractivity contribution < 1.29 is 9.18 Å². The van der Waals surface area contributed by atoms with Crippen molar-refractivity contribution in [3.63, 3.8) is 0 Å². The Bertz CT molecular complexity index is 718. The maximum atomic E-state index is 13.5. The second-order valence-electron chi connectivity index (χ2n) is 6.21. The number of rotatable bonds is 4. The van der Waals surface area contributed by atoms with Gasteiger partial charge < -0.3 is 10.6 Å². The van der Waals surface area contributed by atoms with E-state index in [0.717, 1.165) is 18.4 Å². The van der Waals surface area contributed by atoms with Crippen LogP contribution < -0.4 is 5.73 Å². The van der Waals surface area contributed by atoms with Gasteiger partial charge in [-0.2, -0.15) is 0 Å². The molecule has 2 unspecified atom stereocenters. The van der Waals surface area contributed by atoms with E-state index in [1.807, 2.05) is 0 Å². The molecule has 1 saturated heterocycles. The summed E-state index contributed by atoms with van der Waals surface area (Å²) in [5, 5.41) is 11.5. The lowest BCUT2D eigenvalue weighted by Gasteiger charge is -2.33. The van der Waals surface area contributed by atoms with E-state index in [9.17, 15) is 9.18 Å². The summed E-state index contributed by atoms with van der Waals surface area (Å²) in [5.41, 5.74) is 6.72. The number of carbonyl (C=O) groups is 1. The molecule has 24 heavy (non-hydrogen) atoms. The van der Waals surface area contributed by atoms with Gasteiger partial charge >= 0.3 is 0 Å². The fourth-order valence-corrected chi connectivity index (χ4v) is 3.11. The normalized spacial score (nSPS) is 19.3. The van der Waals surface area contributed by atoms with Crippen LogP contribution in [0.1, 0.15) is 30.3 Å². The molecule has 3 rings (SSSR count). The van der Waals surface area contributed by atoms with Crippen LogP contribution in [0.2, 0.25) is 0 Å². The highest BCUT2D eigenvalue weighted by Gasteiger charge is 2.31. The summed E-state index contributed by atoms with van der Waals surface area (Å²) in [6, 6.07) is 5.63. The largest absolute Gasteiger partial charge is 0.339 e. The number of amides is 1. The standard InChI is InChI=1S/C16H21FN6O/c1-11-19-20-21-23(11)15(9-12-4-2-5-13(17)8-12)16(24)22-7-3-6-14(18)10-22/h2,4-5,8,14-15H,3,6-7,9-10,18H2,1H3. The van der Waals surface area contributed by atoms with Gasteiger partial charge in [0.15, 0.2) is 0 Å². The van der Waals surface area contributed by atoms with Crippen LogP contribution in [0.25, 0.3) is 0 Å². The molecule has 8 heteroatoms. The third-order valence-electron chi connectivity index (χ3n) is 4.33. The fraction of sp³-hybridized carbons (Fsp3) is 0.500. The third-order valence-corrected chi connectivity index (χ3v) is 4.33. The number of hydrogen-bond acceptors (Lipinski definition) is 5. The number of likely N-dealkylation sites (tertiary alicyclic amines) is 1. The van der Waals surface area contributed by atoms with Gasteiger partial charge in [0.1, 0.15) is 17.7 Å². The molecule has 2 N–H and O–H groups in total. The summed E-state index contributed by atoms with van der Waals surface area (Å²) in [5.74, 6) is 0.142. The zero-order valence-electron chi connectivity index (χ0n) is 13.6. The number of hydrogen-bond donors (Lipinski definition) is 1. The second kappa shape index (κ2) is 7.04. The molecule has 0 spiro atoms. The number of aryl methyl sites for hydroxylation is 1. The fourth-order valence-electron chi connectivity index (χ4n) is 3.11. The van der Waals surface area contributed by atoms with Crippen molar-refractivity contribution in [2.24, 2.45) is 5.73 Å². The van der Waals surface area contributed by atoms with E-state index in [1.165, 1.54) is 16.8 Å². The average molecular weight is 332 g/mol. The number of aromatic nitrogens is 4. The molecular weight excluding hydrogens is 311 g/mol. The zero-order chi connectivity index (χ0) is 17.1. The Morgan fingerprint density at radius 3 is 3.00 bits per heavy atom. The van der Waals surface area contributed by atoms with E-state index < -0.39 is 6.04 Å². The summed E-state index contributed by atoms with van der Waals surface area (Å²) >= 11 is 0. The number of halogens is 1. The predicted molar refractivity (Wildman–Crippen MR) is 85.5 cm³/mol. The van der Waals surface area contributed by atoms with Crippen molar-refractivity contribution in [2.75, 3.05) is 13.1 Å². The Kier molecular flexibility index (Phi) is 4.84. The Balaban J connectivity index is 1.87. The topological polar surface area (TPSA) is 89.9 Å². The first-order valence-electron chi connectivity index (χ1n) is 8.08. The minimum absolute atomic E-state index is 0.00696. The van der Waals surface area contributed by atoms with E-state index in [0.29, 0.717) is 25.3 Å². The summed E-state index contributed by atoms with van der Waals surface area (Å²) in [7, 11) is 0. The molecule has 1 aromatic carbocycles. The van der Waals surface area contributed by atoms with E-state index in [4.69, 9.17) is 5.73 Å². The Morgan fingerprint density at radius 1 is 1.50 bits per heavy atom. The summed E-state index contributed by atoms with van der Waals surface area (Å²) in [6.45, 7) is 2.95. The summed E-state index contributed by atoms with van der Waals surface area (Å²) < 4.78 is 15.0. The van der Waals surface area contributed by atoms with Gasteiger partial charge in [0.2, 0.25) is 5.91 Å². The third kappa shape index (κ3) is 3.59. The quantitative estimate of drug-likeness (QED) is 0.896. The van der Waals surface area contributed by atoms with Gasteiger partial charge in [0, 0.05) is 25.6 Å². The first-order valence-corrected chi connectivity index (χ1v) is 8.08. The number of nitrogens with zero attached hydrogens (tertiary/aromatic N) is 5. The molecular formula is C16H21FN6O. The van der Waals surface area contributed by atoms with Crippen molar-refractivity contribution in [1.82, 2.24) is 25.1 Å². The van der Waals surface area contributed by atoms with Crippen LogP contribution in [0, 0.1) is 12.7 Å². The highest BCUT2D eigenvalue weighted by atomic mass is 19.1. The van der Waals surface area contributed by atoms with Crippen LogP contribution in [-0.4, -0.2) is 50.1 Å². The molecule has 2 atom stereocenters. The Hall–Kier alpha value is -2.35. The van der Waals surface area contributed by atoms with Crippen molar-refractivity contribution in [2.45, 2.75) is 38.3 Å². The van der Waals surface area contributed by atoms with Gasteiger partial charge in [-0.3, -0.25) is 4.79 Å². The maximum absolute atomic E-state index is 13.5. The number of tetrazole rings is 1. The van der Waals surface area contributed by atoms with E-state index in [1.54, 1.807) is 24.0 Å². The monoisotopic (exact) mass is 332 g/mol. The molecule has 1 aliphatic rings. The van der Waals surface area contributed by atoms with Gasteiger partial charge in [0.25, 0.3) is 0 Å². The van der Waals surface area contributed by atoms with Gasteiger partial charge in [-0.25, -0.2) is 9.07 Å². The van der Waals surface area contributed by atoms with E-state index in [-0.39, 0.29) is 17.8 Å². The Labute approximate surface area is 139 Å². The minimum Gasteiger partial charge on any atom is -0.339 e. The highest BCUT2D eigenvalue weighted by molar-refractivity contribution is 5.81. The molecule has 128 valence electrons. The first kappa shape index (κ1) is 16.5. The predicted octanol–water partition coefficient (Wildman–Crippen LogP) is 0.854. The first-order chi connectivity index (χ1) is 11.5. The van der Waals surface area contributed by atoms with Crippen molar-refractivity contribution >= 4 is 5.91 Å². The van der Waals surface area contributed by atoms with Crippen LogP contribution in [0.3, 0.4) is 0 Å². The van der Waals surface area contributed by atoms with E-state index in [2.05, 4.69) is 15.5 Å². The lowest BCUT2D eigenvalue weighted by Crippen LogP contribution is -2.48. The molecule has 0 saturated carbocycles. The smallest absolute Gasteiger partial charge is 0.247 e. The Morgan fingerprint density at radius 2 is 2.33 bits per heavy atom. The molecule has 0 radical (unpaired) electrons. The van der Waals surface area contributed by atoms with Gasteiger partial charge in [0.05, 0.1) is 0 Å². The van der Waals surface area contributed by atoms with Crippen LogP contribution in [0.5, 0.6) is 0 Å². The molecule has 0 bridgehead atoms. The molecule has 7 nitrogen and oxygen atoms in total. The maximum Gasteiger partial charge on any atom is 0.247 e. The molecule has 2 heterocycles. The lowest BCUT2D eigenvalue weighted by molar-refractivity contribution is -0.136. The van der Waals surface area contributed by atoms with Crippen LogP contribution in [-0.2, 0) is 11.2 Å². The SMILES string of the molecule is Cc1nnnn1C(Cc1cccc(F)c1)C(=O)N1CCCC(N)C1. The number of nitrogens with two attached hydrogens (primary N) is 1. The summed E-state index contributed by atoms with van der Waals surface area (Å²) in [4.78, 5) is 14.8. The number of carbonyl (C=O) groups excluding carboxylic acids is 1. The van der Waals surface area contributed by atoms with Crippen molar-refractivity contribution in [3.05, 3.63) is 41.5 Å². The van der Waals surface area contributed by atoms with Crippen LogP contribution >= 0.6 is 0 Å². The van der Waals surface area contributed by atoms with Crippen LogP contribution in [0.4, 0.5) is 4.39 Å². The van der Waals surface area contributed by atoms with Gasteiger partial charge in [-0.05, 0) is 47.9 Å². The van der Waals surface area contributed by atoms with Crippen LogP contribution in [0.15, 0.2) is 24.3 Å². The molecule has 1 aliphatic heterocycles.